The summed E-state index contributed by atoms with van der Waals surface area (Å²) in [5.41, 5.74) is 1.84. The predicted molar refractivity (Wildman–Crippen MR) is 88.1 cm³/mol. The maximum absolute atomic E-state index is 14.3. The lowest BCUT2D eigenvalue weighted by atomic mass is 9.93. The third-order valence-corrected chi connectivity index (χ3v) is 4.46. The Hall–Kier alpha value is -2.88. The minimum absolute atomic E-state index is 0.165. The molecule has 0 radical (unpaired) electrons. The van der Waals surface area contributed by atoms with Crippen molar-refractivity contribution in [2.75, 3.05) is 0 Å². The van der Waals surface area contributed by atoms with Crippen molar-refractivity contribution in [3.8, 4) is 0 Å². The Morgan fingerprint density at radius 3 is 1.96 bits per heavy atom. The second-order valence-electron chi connectivity index (χ2n) is 5.90. The third kappa shape index (κ3) is 2.45. The van der Waals surface area contributed by atoms with Crippen LogP contribution in [0.5, 0.6) is 0 Å². The molecule has 0 amide bonds. The van der Waals surface area contributed by atoms with Crippen molar-refractivity contribution in [1.29, 1.82) is 0 Å². The Balaban J connectivity index is 1.98. The van der Waals surface area contributed by atoms with E-state index in [0.29, 0.717) is 5.56 Å². The van der Waals surface area contributed by atoms with Gasteiger partial charge in [-0.1, -0.05) is 60.7 Å². The van der Waals surface area contributed by atoms with Crippen LogP contribution < -0.4 is 0 Å². The third-order valence-electron chi connectivity index (χ3n) is 4.46. The van der Waals surface area contributed by atoms with Gasteiger partial charge in [-0.2, -0.15) is 0 Å². The molecule has 0 nitrogen and oxygen atoms in total. The highest BCUT2D eigenvalue weighted by Gasteiger charge is 2.30. The van der Waals surface area contributed by atoms with Crippen LogP contribution in [-0.2, 0) is 0 Å². The van der Waals surface area contributed by atoms with Crippen molar-refractivity contribution < 1.29 is 17.6 Å². The normalized spacial score (nSPS) is 15.8. The molecule has 4 heteroatoms. The van der Waals surface area contributed by atoms with Crippen molar-refractivity contribution >= 4 is 5.57 Å². The summed E-state index contributed by atoms with van der Waals surface area (Å²) in [4.78, 5) is 0. The molecular formula is C21H12F4. The lowest BCUT2D eigenvalue weighted by Gasteiger charge is -2.11. The van der Waals surface area contributed by atoms with Gasteiger partial charge in [0, 0.05) is 12.0 Å². The fourth-order valence-electron chi connectivity index (χ4n) is 3.32. The van der Waals surface area contributed by atoms with Gasteiger partial charge < -0.3 is 0 Å². The van der Waals surface area contributed by atoms with E-state index in [4.69, 9.17) is 0 Å². The maximum atomic E-state index is 14.3. The van der Waals surface area contributed by atoms with Crippen LogP contribution in [0.2, 0.25) is 0 Å². The summed E-state index contributed by atoms with van der Waals surface area (Å²) in [7, 11) is 0. The molecule has 0 spiro atoms. The van der Waals surface area contributed by atoms with Crippen LogP contribution in [-0.4, -0.2) is 0 Å². The van der Waals surface area contributed by atoms with Crippen LogP contribution in [0.1, 0.15) is 28.2 Å². The van der Waals surface area contributed by atoms with Gasteiger partial charge in [-0.25, -0.2) is 17.6 Å². The molecule has 0 saturated carbocycles. The quantitative estimate of drug-likeness (QED) is 0.407. The monoisotopic (exact) mass is 340 g/mol. The van der Waals surface area contributed by atoms with Crippen molar-refractivity contribution in [3.63, 3.8) is 0 Å². The highest BCUT2D eigenvalue weighted by Crippen LogP contribution is 2.44. The summed E-state index contributed by atoms with van der Waals surface area (Å²) < 4.78 is 55.9. The van der Waals surface area contributed by atoms with Crippen LogP contribution in [0, 0.1) is 23.3 Å². The van der Waals surface area contributed by atoms with Crippen LogP contribution in [0.4, 0.5) is 17.6 Å². The Kier molecular flexibility index (Phi) is 3.68. The van der Waals surface area contributed by atoms with E-state index in [0.717, 1.165) is 11.1 Å². The van der Waals surface area contributed by atoms with Gasteiger partial charge in [0.05, 0.1) is 5.56 Å². The summed E-state index contributed by atoms with van der Waals surface area (Å²) >= 11 is 0. The first-order chi connectivity index (χ1) is 12.1. The van der Waals surface area contributed by atoms with Gasteiger partial charge in [-0.3, -0.25) is 0 Å². The van der Waals surface area contributed by atoms with Gasteiger partial charge in [0.2, 0.25) is 0 Å². The molecule has 1 aliphatic carbocycles. The molecule has 0 heterocycles. The smallest absolute Gasteiger partial charge is 0.169 e. The standard InChI is InChI=1S/C21H12F4/c22-17-11-18(23)21(25)19(20(17)24)16-10-15(12-6-2-1-3-7-12)13-8-4-5-9-14(13)16/h1-11,15H. The number of hydrogen-bond donors (Lipinski definition) is 0. The van der Waals surface area contributed by atoms with Crippen LogP contribution >= 0.6 is 0 Å². The number of halogens is 4. The summed E-state index contributed by atoms with van der Waals surface area (Å²) in [5.74, 6) is -5.81. The van der Waals surface area contributed by atoms with Gasteiger partial charge in [-0.15, -0.1) is 0 Å². The minimum atomic E-state index is -1.41. The van der Waals surface area contributed by atoms with E-state index in [1.165, 1.54) is 0 Å². The van der Waals surface area contributed by atoms with E-state index < -0.39 is 28.8 Å². The van der Waals surface area contributed by atoms with E-state index in [2.05, 4.69) is 0 Å². The molecule has 0 aliphatic heterocycles. The number of fused-ring (bicyclic) bond motifs is 1. The van der Waals surface area contributed by atoms with Crippen molar-refractivity contribution in [2.45, 2.75) is 5.92 Å². The molecule has 0 saturated heterocycles. The lowest BCUT2D eigenvalue weighted by Crippen LogP contribution is -2.02. The minimum Gasteiger partial charge on any atom is -0.204 e. The van der Waals surface area contributed by atoms with Crippen LogP contribution in [0.25, 0.3) is 5.57 Å². The predicted octanol–water partition coefficient (Wildman–Crippen LogP) is 5.82. The van der Waals surface area contributed by atoms with Gasteiger partial charge in [-0.05, 0) is 22.3 Å². The molecule has 25 heavy (non-hydrogen) atoms. The van der Waals surface area contributed by atoms with Crippen molar-refractivity contribution in [2.24, 2.45) is 0 Å². The maximum Gasteiger partial charge on any atom is 0.169 e. The van der Waals surface area contributed by atoms with Gasteiger partial charge >= 0.3 is 0 Å². The Labute approximate surface area is 142 Å². The topological polar surface area (TPSA) is 0 Å². The molecular weight excluding hydrogens is 328 g/mol. The summed E-state index contributed by atoms with van der Waals surface area (Å²) in [6.07, 6.45) is 1.65. The molecule has 1 unspecified atom stereocenters. The van der Waals surface area contributed by atoms with E-state index in [-0.39, 0.29) is 17.6 Å². The molecule has 4 rings (SSSR count). The first-order valence-corrected chi connectivity index (χ1v) is 7.77. The first kappa shape index (κ1) is 15.6. The summed E-state index contributed by atoms with van der Waals surface area (Å²) in [6.45, 7) is 0. The number of hydrogen-bond acceptors (Lipinski definition) is 0. The number of benzene rings is 3. The van der Waals surface area contributed by atoms with Crippen LogP contribution in [0.15, 0.2) is 66.7 Å². The summed E-state index contributed by atoms with van der Waals surface area (Å²) in [6, 6.07) is 16.7. The Morgan fingerprint density at radius 2 is 1.28 bits per heavy atom. The fourth-order valence-corrected chi connectivity index (χ4v) is 3.32. The molecule has 0 aromatic heterocycles. The average Bonchev–Trinajstić information content (AvgIpc) is 3.01. The largest absolute Gasteiger partial charge is 0.204 e. The Morgan fingerprint density at radius 1 is 0.680 bits per heavy atom. The first-order valence-electron chi connectivity index (χ1n) is 7.77. The zero-order valence-corrected chi connectivity index (χ0v) is 12.9. The van der Waals surface area contributed by atoms with Crippen molar-refractivity contribution in [3.05, 3.63) is 112 Å². The molecule has 3 aromatic carbocycles. The molecule has 0 N–H and O–H groups in total. The molecule has 0 bridgehead atoms. The highest BCUT2D eigenvalue weighted by molar-refractivity contribution is 5.87. The van der Waals surface area contributed by atoms with Gasteiger partial charge in [0.1, 0.15) is 0 Å². The molecule has 0 fully saturated rings. The van der Waals surface area contributed by atoms with E-state index >= 15 is 0 Å². The van der Waals surface area contributed by atoms with E-state index in [1.54, 1.807) is 18.2 Å². The van der Waals surface area contributed by atoms with Gasteiger partial charge in [0.25, 0.3) is 0 Å². The number of allylic oxidation sites excluding steroid dienone is 1. The zero-order valence-electron chi connectivity index (χ0n) is 12.9. The summed E-state index contributed by atoms with van der Waals surface area (Å²) in [5, 5.41) is 0. The van der Waals surface area contributed by atoms with E-state index in [1.807, 2.05) is 42.5 Å². The van der Waals surface area contributed by atoms with E-state index in [9.17, 15) is 17.6 Å². The highest BCUT2D eigenvalue weighted by atomic mass is 19.2. The number of rotatable bonds is 2. The zero-order chi connectivity index (χ0) is 17.6. The second-order valence-corrected chi connectivity index (χ2v) is 5.90. The fraction of sp³-hybridized carbons (Fsp3) is 0.0476. The molecule has 1 atom stereocenters. The lowest BCUT2D eigenvalue weighted by molar-refractivity contribution is 0.450. The SMILES string of the molecule is Fc1cc(F)c(F)c(C2=CC(c3ccccc3)c3ccccc32)c1F. The molecule has 3 aromatic rings. The second kappa shape index (κ2) is 5.88. The van der Waals surface area contributed by atoms with Gasteiger partial charge in [0.15, 0.2) is 23.3 Å². The molecule has 124 valence electrons. The Bertz CT molecular complexity index is 964. The molecule has 1 aliphatic rings. The van der Waals surface area contributed by atoms with Crippen molar-refractivity contribution in [1.82, 2.24) is 0 Å². The average molecular weight is 340 g/mol. The van der Waals surface area contributed by atoms with Crippen LogP contribution in [0.3, 0.4) is 0 Å².